The molecule has 0 unspecified atom stereocenters. The molecule has 2 aromatic rings. The number of amides is 3. The molecule has 0 heterocycles. The summed E-state index contributed by atoms with van der Waals surface area (Å²) in [6, 6.07) is 8.07. The van der Waals surface area contributed by atoms with E-state index in [-0.39, 0.29) is 23.7 Å². The van der Waals surface area contributed by atoms with Gasteiger partial charge in [0.2, 0.25) is 11.8 Å². The quantitative estimate of drug-likeness (QED) is 0.258. The summed E-state index contributed by atoms with van der Waals surface area (Å²) < 4.78 is 40.3. The van der Waals surface area contributed by atoms with Crippen LogP contribution < -0.4 is 26.6 Å². The van der Waals surface area contributed by atoms with Crippen molar-refractivity contribution in [1.29, 1.82) is 0 Å². The maximum atomic E-state index is 13.4. The molecule has 0 fully saturated rings. The fraction of sp³-hybridized carbons (Fsp3) is 0.500. The van der Waals surface area contributed by atoms with Crippen LogP contribution in [-0.2, 0) is 22.3 Å². The minimum Gasteiger partial charge on any atom is -0.385 e. The number of hydrogen-bond donors (Lipinski definition) is 5. The summed E-state index contributed by atoms with van der Waals surface area (Å²) in [4.78, 5) is 38.4. The summed E-state index contributed by atoms with van der Waals surface area (Å²) in [6.45, 7) is 13.7. The highest BCUT2D eigenvalue weighted by Crippen LogP contribution is 2.32. The number of anilines is 1. The molecule has 0 bridgehead atoms. The highest BCUT2D eigenvalue weighted by Gasteiger charge is 2.32. The van der Waals surface area contributed by atoms with Gasteiger partial charge in [-0.2, -0.15) is 13.2 Å². The molecule has 0 aliphatic carbocycles. The van der Waals surface area contributed by atoms with E-state index in [1.807, 2.05) is 60.6 Å². The minimum absolute atomic E-state index is 0.118. The number of alkyl halides is 3. The number of rotatable bonds is 12. The SMILES string of the molecule is Cc1ccc(CNC[C@H](NC(=O)CNC(=O)c2cc(NCC(C)C)cc(C(F)(F)F)c2)C(=O)NC(C)(C)C)c(C)c1. The molecule has 0 saturated carbocycles. The molecule has 0 saturated heterocycles. The first-order valence-electron chi connectivity index (χ1n) is 13.6. The van der Waals surface area contributed by atoms with Crippen molar-refractivity contribution in [2.24, 2.45) is 5.92 Å². The van der Waals surface area contributed by atoms with Gasteiger partial charge in [-0.1, -0.05) is 37.6 Å². The average molecular weight is 578 g/mol. The van der Waals surface area contributed by atoms with E-state index in [1.165, 1.54) is 6.07 Å². The second-order valence-corrected chi connectivity index (χ2v) is 11.7. The fourth-order valence-electron chi connectivity index (χ4n) is 3.92. The molecular formula is C30H42F3N5O3. The number of hydrogen-bond acceptors (Lipinski definition) is 5. The lowest BCUT2D eigenvalue weighted by Gasteiger charge is -2.26. The lowest BCUT2D eigenvalue weighted by atomic mass is 10.1. The minimum atomic E-state index is -4.65. The van der Waals surface area contributed by atoms with E-state index in [0.29, 0.717) is 13.1 Å². The van der Waals surface area contributed by atoms with E-state index in [0.717, 1.165) is 28.8 Å². The molecule has 0 aliphatic heterocycles. The Morgan fingerprint density at radius 3 is 2.20 bits per heavy atom. The Bertz CT molecular complexity index is 1220. The molecule has 226 valence electrons. The maximum absolute atomic E-state index is 13.4. The van der Waals surface area contributed by atoms with Crippen molar-refractivity contribution in [1.82, 2.24) is 21.3 Å². The molecular weight excluding hydrogens is 535 g/mol. The Labute approximate surface area is 240 Å². The summed E-state index contributed by atoms with van der Waals surface area (Å²) in [5.41, 5.74) is 1.66. The lowest BCUT2D eigenvalue weighted by molar-refractivity contribution is -0.137. The Balaban J connectivity index is 2.08. The smallest absolute Gasteiger partial charge is 0.385 e. The second-order valence-electron chi connectivity index (χ2n) is 11.7. The zero-order valence-corrected chi connectivity index (χ0v) is 24.8. The molecule has 0 aromatic heterocycles. The molecule has 0 spiro atoms. The van der Waals surface area contributed by atoms with Gasteiger partial charge in [-0.05, 0) is 69.9 Å². The Hall–Kier alpha value is -3.60. The summed E-state index contributed by atoms with van der Waals surface area (Å²) in [6.07, 6.45) is -4.65. The van der Waals surface area contributed by atoms with Crippen LogP contribution in [0.3, 0.4) is 0 Å². The van der Waals surface area contributed by atoms with Gasteiger partial charge in [0.1, 0.15) is 6.04 Å². The second kappa shape index (κ2) is 14.3. The van der Waals surface area contributed by atoms with Crippen LogP contribution in [0, 0.1) is 19.8 Å². The van der Waals surface area contributed by atoms with Crippen molar-refractivity contribution in [3.63, 3.8) is 0 Å². The van der Waals surface area contributed by atoms with E-state index in [1.54, 1.807) is 0 Å². The molecule has 0 radical (unpaired) electrons. The van der Waals surface area contributed by atoms with Crippen LogP contribution in [0.1, 0.15) is 67.2 Å². The van der Waals surface area contributed by atoms with Crippen LogP contribution in [0.15, 0.2) is 36.4 Å². The molecule has 11 heteroatoms. The highest BCUT2D eigenvalue weighted by molar-refractivity contribution is 5.98. The van der Waals surface area contributed by atoms with Crippen molar-refractivity contribution in [2.45, 2.75) is 72.8 Å². The van der Waals surface area contributed by atoms with Crippen molar-refractivity contribution in [3.8, 4) is 0 Å². The average Bonchev–Trinajstić information content (AvgIpc) is 2.84. The van der Waals surface area contributed by atoms with E-state index < -0.39 is 47.6 Å². The standard InChI is InChI=1S/C30H42F3N5O3/c1-18(2)14-35-24-12-22(11-23(13-24)30(31,32)33)27(40)36-17-26(39)37-25(28(41)38-29(5,6)7)16-34-15-21-9-8-19(3)10-20(21)4/h8-13,18,25,34-35H,14-17H2,1-7H3,(H,36,40)(H,37,39)(H,38,41)/t25-/m0/s1. The third-order valence-corrected chi connectivity index (χ3v) is 5.96. The zero-order valence-electron chi connectivity index (χ0n) is 24.8. The number of carbonyl (C=O) groups excluding carboxylic acids is 3. The molecule has 2 aromatic carbocycles. The van der Waals surface area contributed by atoms with Crippen LogP contribution in [0.2, 0.25) is 0 Å². The Kier molecular flexibility index (Phi) is 11.8. The first kappa shape index (κ1) is 33.6. The predicted octanol–water partition coefficient (Wildman–Crippen LogP) is 4.31. The first-order chi connectivity index (χ1) is 18.9. The topological polar surface area (TPSA) is 111 Å². The summed E-state index contributed by atoms with van der Waals surface area (Å²) in [5.74, 6) is -1.75. The third-order valence-electron chi connectivity index (χ3n) is 5.96. The van der Waals surface area contributed by atoms with Crippen molar-refractivity contribution in [2.75, 3.05) is 25.0 Å². The van der Waals surface area contributed by atoms with Gasteiger partial charge >= 0.3 is 6.18 Å². The summed E-state index contributed by atoms with van der Waals surface area (Å²) in [5, 5.41) is 13.9. The van der Waals surface area contributed by atoms with Gasteiger partial charge in [0, 0.05) is 36.4 Å². The zero-order chi connectivity index (χ0) is 31.0. The highest BCUT2D eigenvalue weighted by atomic mass is 19.4. The maximum Gasteiger partial charge on any atom is 0.416 e. The Morgan fingerprint density at radius 1 is 0.927 bits per heavy atom. The number of nitrogens with one attached hydrogen (secondary N) is 5. The van der Waals surface area contributed by atoms with Gasteiger partial charge in [-0.15, -0.1) is 0 Å². The molecule has 3 amide bonds. The molecule has 1 atom stereocenters. The van der Waals surface area contributed by atoms with Crippen molar-refractivity contribution in [3.05, 3.63) is 64.2 Å². The third kappa shape index (κ3) is 11.8. The van der Waals surface area contributed by atoms with E-state index in [2.05, 4.69) is 32.7 Å². The monoisotopic (exact) mass is 577 g/mol. The van der Waals surface area contributed by atoms with Gasteiger partial charge in [0.05, 0.1) is 12.1 Å². The van der Waals surface area contributed by atoms with Gasteiger partial charge in [-0.3, -0.25) is 14.4 Å². The van der Waals surface area contributed by atoms with E-state index in [4.69, 9.17) is 0 Å². The van der Waals surface area contributed by atoms with Crippen LogP contribution in [0.4, 0.5) is 18.9 Å². The number of carbonyl (C=O) groups is 3. The van der Waals surface area contributed by atoms with Crippen LogP contribution in [0.25, 0.3) is 0 Å². The number of halogens is 3. The Morgan fingerprint density at radius 2 is 1.61 bits per heavy atom. The molecule has 0 aliphatic rings. The van der Waals surface area contributed by atoms with Gasteiger partial charge in [-0.25, -0.2) is 0 Å². The van der Waals surface area contributed by atoms with Crippen LogP contribution in [0.5, 0.6) is 0 Å². The summed E-state index contributed by atoms with van der Waals surface area (Å²) in [7, 11) is 0. The van der Waals surface area contributed by atoms with Gasteiger partial charge in [0.25, 0.3) is 5.91 Å². The van der Waals surface area contributed by atoms with E-state index >= 15 is 0 Å². The largest absolute Gasteiger partial charge is 0.416 e. The van der Waals surface area contributed by atoms with E-state index in [9.17, 15) is 27.6 Å². The van der Waals surface area contributed by atoms with Gasteiger partial charge < -0.3 is 26.6 Å². The molecule has 5 N–H and O–H groups in total. The normalized spacial score (nSPS) is 12.6. The predicted molar refractivity (Wildman–Crippen MR) is 155 cm³/mol. The van der Waals surface area contributed by atoms with Crippen LogP contribution in [-0.4, -0.2) is 48.9 Å². The van der Waals surface area contributed by atoms with Gasteiger partial charge in [0.15, 0.2) is 0 Å². The summed E-state index contributed by atoms with van der Waals surface area (Å²) >= 11 is 0. The molecule has 8 nitrogen and oxygen atoms in total. The number of aryl methyl sites for hydroxylation is 2. The fourth-order valence-corrected chi connectivity index (χ4v) is 3.92. The lowest BCUT2D eigenvalue weighted by Crippen LogP contribution is -2.56. The molecule has 2 rings (SSSR count). The van der Waals surface area contributed by atoms with Crippen molar-refractivity contribution >= 4 is 23.4 Å². The first-order valence-corrected chi connectivity index (χ1v) is 13.6. The van der Waals surface area contributed by atoms with Crippen LogP contribution >= 0.6 is 0 Å². The van der Waals surface area contributed by atoms with Crippen molar-refractivity contribution < 1.29 is 27.6 Å². The molecule has 41 heavy (non-hydrogen) atoms. The number of benzene rings is 2.